The Balaban J connectivity index is 1.59. The molecule has 0 fully saturated rings. The number of nitrogens with zero attached hydrogens (tertiary/aromatic N) is 4. The fourth-order valence-corrected chi connectivity index (χ4v) is 4.30. The molecule has 2 heterocycles. The van der Waals surface area contributed by atoms with Gasteiger partial charge in [0.2, 0.25) is 0 Å². The summed E-state index contributed by atoms with van der Waals surface area (Å²) in [5.41, 5.74) is -1.34. The van der Waals surface area contributed by atoms with E-state index in [9.17, 15) is 18.7 Å². The Labute approximate surface area is 196 Å². The summed E-state index contributed by atoms with van der Waals surface area (Å²) < 4.78 is 29.4. The van der Waals surface area contributed by atoms with Crippen molar-refractivity contribution in [3.8, 4) is 10.6 Å². The van der Waals surface area contributed by atoms with E-state index >= 15 is 0 Å². The highest BCUT2D eigenvalue weighted by Gasteiger charge is 2.40. The third-order valence-corrected chi connectivity index (χ3v) is 6.45. The molecule has 0 aliphatic rings. The molecule has 0 unspecified atom stereocenters. The van der Waals surface area contributed by atoms with E-state index in [1.165, 1.54) is 30.5 Å². The molecule has 0 spiro atoms. The van der Waals surface area contributed by atoms with Gasteiger partial charge in [-0.05, 0) is 25.1 Å². The van der Waals surface area contributed by atoms with Crippen LogP contribution in [-0.2, 0) is 12.1 Å². The minimum absolute atomic E-state index is 0.182. The molecule has 2 atom stereocenters. The van der Waals surface area contributed by atoms with Gasteiger partial charge in [-0.3, -0.25) is 4.79 Å². The Morgan fingerprint density at radius 1 is 1.27 bits per heavy atom. The number of benzene rings is 2. The minimum atomic E-state index is -1.95. The molecule has 0 aliphatic carbocycles. The second-order valence-electron chi connectivity index (χ2n) is 7.37. The van der Waals surface area contributed by atoms with Crippen molar-refractivity contribution in [1.82, 2.24) is 25.1 Å². The van der Waals surface area contributed by atoms with Gasteiger partial charge in [0.05, 0.1) is 18.8 Å². The third-order valence-electron chi connectivity index (χ3n) is 5.15. The first kappa shape index (κ1) is 23.0. The van der Waals surface area contributed by atoms with Crippen LogP contribution >= 0.6 is 22.9 Å². The van der Waals surface area contributed by atoms with Crippen LogP contribution in [0.15, 0.2) is 61.3 Å². The second-order valence-corrected chi connectivity index (χ2v) is 8.84. The van der Waals surface area contributed by atoms with Gasteiger partial charge in [0.1, 0.15) is 39.8 Å². The average Bonchev–Trinajstić information content (AvgIpc) is 3.46. The van der Waals surface area contributed by atoms with Gasteiger partial charge in [0, 0.05) is 22.2 Å². The van der Waals surface area contributed by atoms with E-state index in [1.54, 1.807) is 24.3 Å². The van der Waals surface area contributed by atoms with Crippen LogP contribution in [0.4, 0.5) is 8.78 Å². The molecular weight excluding hydrogens is 472 g/mol. The molecule has 4 aromatic rings. The van der Waals surface area contributed by atoms with Gasteiger partial charge >= 0.3 is 0 Å². The number of amides is 1. The fourth-order valence-electron chi connectivity index (χ4n) is 3.35. The maximum atomic E-state index is 14.6. The number of aromatic nitrogens is 4. The topological polar surface area (TPSA) is 92.9 Å². The van der Waals surface area contributed by atoms with Crippen molar-refractivity contribution in [3.05, 3.63) is 88.4 Å². The second kappa shape index (κ2) is 9.34. The lowest BCUT2D eigenvalue weighted by molar-refractivity contribution is -0.0185. The van der Waals surface area contributed by atoms with Crippen molar-refractivity contribution in [2.45, 2.75) is 25.1 Å². The zero-order chi connectivity index (χ0) is 23.6. The van der Waals surface area contributed by atoms with Crippen molar-refractivity contribution in [1.29, 1.82) is 0 Å². The maximum absolute atomic E-state index is 14.6. The lowest BCUT2D eigenvalue weighted by Gasteiger charge is -2.35. The van der Waals surface area contributed by atoms with E-state index in [0.717, 1.165) is 29.0 Å². The molecule has 11 heteroatoms. The number of rotatable bonds is 7. The molecule has 0 saturated carbocycles. The molecule has 170 valence electrons. The highest BCUT2D eigenvalue weighted by Crippen LogP contribution is 2.31. The molecule has 2 aromatic carbocycles. The molecular formula is C22H18ClF2N5O2S. The summed E-state index contributed by atoms with van der Waals surface area (Å²) in [5, 5.41) is 19.4. The van der Waals surface area contributed by atoms with Crippen molar-refractivity contribution in [2.24, 2.45) is 0 Å². The normalized spacial score (nSPS) is 14.0. The molecule has 33 heavy (non-hydrogen) atoms. The van der Waals surface area contributed by atoms with Crippen LogP contribution in [0.2, 0.25) is 5.02 Å². The van der Waals surface area contributed by atoms with Gasteiger partial charge in [0.15, 0.2) is 0 Å². The minimum Gasteiger partial charge on any atom is -0.381 e. The molecule has 7 nitrogen and oxygen atoms in total. The summed E-state index contributed by atoms with van der Waals surface area (Å²) in [4.78, 5) is 21.3. The van der Waals surface area contributed by atoms with E-state index in [2.05, 4.69) is 20.4 Å². The number of hydrogen-bond acceptors (Lipinski definition) is 6. The molecule has 0 aliphatic heterocycles. The smallest absolute Gasteiger partial charge is 0.263 e. The highest BCUT2D eigenvalue weighted by atomic mass is 35.5. The molecule has 2 aromatic heterocycles. The number of hydrogen-bond donors (Lipinski definition) is 2. The summed E-state index contributed by atoms with van der Waals surface area (Å²) in [6.45, 7) is 1.30. The van der Waals surface area contributed by atoms with E-state index in [0.29, 0.717) is 21.0 Å². The van der Waals surface area contributed by atoms with Crippen LogP contribution in [0.5, 0.6) is 0 Å². The first-order chi connectivity index (χ1) is 15.8. The first-order valence-electron chi connectivity index (χ1n) is 9.79. The Bertz CT molecular complexity index is 1270. The van der Waals surface area contributed by atoms with Gasteiger partial charge < -0.3 is 10.4 Å². The monoisotopic (exact) mass is 489 g/mol. The Hall–Kier alpha value is -3.21. The van der Waals surface area contributed by atoms with Gasteiger partial charge in [-0.2, -0.15) is 5.10 Å². The predicted octanol–water partition coefficient (Wildman–Crippen LogP) is 4.04. The SMILES string of the molecule is C[C@@H](NC(=O)c1cnc(-c2ccc(Cl)cc2)s1)[C@](O)(Cn1cncn1)c1ccc(F)cc1F. The summed E-state index contributed by atoms with van der Waals surface area (Å²) in [6, 6.07) is 8.91. The quantitative estimate of drug-likeness (QED) is 0.409. The first-order valence-corrected chi connectivity index (χ1v) is 11.0. The van der Waals surface area contributed by atoms with Crippen LogP contribution in [0.1, 0.15) is 22.2 Å². The van der Waals surface area contributed by atoms with Gasteiger partial charge in [0.25, 0.3) is 5.91 Å². The van der Waals surface area contributed by atoms with Crippen LogP contribution in [0, 0.1) is 11.6 Å². The zero-order valence-electron chi connectivity index (χ0n) is 17.2. The largest absolute Gasteiger partial charge is 0.381 e. The fraction of sp³-hybridized carbons (Fsp3) is 0.182. The number of thiazole rings is 1. The Morgan fingerprint density at radius 3 is 2.70 bits per heavy atom. The zero-order valence-corrected chi connectivity index (χ0v) is 18.8. The number of halogens is 3. The summed E-state index contributed by atoms with van der Waals surface area (Å²) in [7, 11) is 0. The van der Waals surface area contributed by atoms with Crippen molar-refractivity contribution >= 4 is 28.8 Å². The Kier molecular flexibility index (Phi) is 6.50. The average molecular weight is 490 g/mol. The number of carbonyl (C=O) groups excluding carboxylic acids is 1. The van der Waals surface area contributed by atoms with Gasteiger partial charge in [-0.1, -0.05) is 29.8 Å². The van der Waals surface area contributed by atoms with E-state index in [1.807, 2.05) is 0 Å². The lowest BCUT2D eigenvalue weighted by Crippen LogP contribution is -2.51. The summed E-state index contributed by atoms with van der Waals surface area (Å²) in [6.07, 6.45) is 4.04. The van der Waals surface area contributed by atoms with Crippen LogP contribution in [0.25, 0.3) is 10.6 Å². The summed E-state index contributed by atoms with van der Waals surface area (Å²) >= 11 is 7.07. The Morgan fingerprint density at radius 2 is 2.03 bits per heavy atom. The summed E-state index contributed by atoms with van der Waals surface area (Å²) in [5.74, 6) is -2.23. The van der Waals surface area contributed by atoms with Crippen molar-refractivity contribution in [2.75, 3.05) is 0 Å². The highest BCUT2D eigenvalue weighted by molar-refractivity contribution is 7.16. The van der Waals surface area contributed by atoms with E-state index in [4.69, 9.17) is 11.6 Å². The van der Waals surface area contributed by atoms with Gasteiger partial charge in [-0.25, -0.2) is 23.4 Å². The van der Waals surface area contributed by atoms with Crippen LogP contribution < -0.4 is 5.32 Å². The molecule has 0 saturated heterocycles. The van der Waals surface area contributed by atoms with E-state index in [-0.39, 0.29) is 12.1 Å². The van der Waals surface area contributed by atoms with Crippen molar-refractivity contribution < 1.29 is 18.7 Å². The van der Waals surface area contributed by atoms with Crippen molar-refractivity contribution in [3.63, 3.8) is 0 Å². The number of aliphatic hydroxyl groups is 1. The number of nitrogens with one attached hydrogen (secondary N) is 1. The molecule has 4 rings (SSSR count). The van der Waals surface area contributed by atoms with Crippen LogP contribution in [-0.4, -0.2) is 36.8 Å². The maximum Gasteiger partial charge on any atom is 0.263 e. The van der Waals surface area contributed by atoms with E-state index < -0.39 is 29.2 Å². The van der Waals surface area contributed by atoms with Crippen LogP contribution in [0.3, 0.4) is 0 Å². The third kappa shape index (κ3) is 4.92. The predicted molar refractivity (Wildman–Crippen MR) is 120 cm³/mol. The standard InChI is InChI=1S/C22H18ClF2N5O2S/c1-13(29-20(31)19-9-27-21(33-19)14-2-4-15(23)5-3-14)22(32,10-30-12-26-11-28-30)17-7-6-16(24)8-18(17)25/h2-9,11-13,32H,10H2,1H3,(H,29,31)/t13-,22-/m1/s1. The molecule has 0 bridgehead atoms. The van der Waals surface area contributed by atoms with Gasteiger partial charge in [-0.15, -0.1) is 11.3 Å². The molecule has 1 amide bonds. The lowest BCUT2D eigenvalue weighted by atomic mass is 9.86. The molecule has 0 radical (unpaired) electrons. The number of carbonyl (C=O) groups is 1. The molecule has 2 N–H and O–H groups in total.